The Bertz CT molecular complexity index is 421. The molecule has 22 heavy (non-hydrogen) atoms. The number of carbonyl (C=O) groups is 4. The highest BCUT2D eigenvalue weighted by Crippen LogP contribution is 2.16. The topological polar surface area (TPSA) is 121 Å². The molecule has 8 nitrogen and oxygen atoms in total. The number of unbranched alkanes of at least 4 members (excludes halogenated alkanes) is 1. The molecule has 0 bridgehead atoms. The summed E-state index contributed by atoms with van der Waals surface area (Å²) >= 11 is 0. The highest BCUT2D eigenvalue weighted by molar-refractivity contribution is 5.84. The normalized spacial score (nSPS) is 13.5. The Balaban J connectivity index is 5.38. The summed E-state index contributed by atoms with van der Waals surface area (Å²) < 4.78 is 4.94. The van der Waals surface area contributed by atoms with Crippen molar-refractivity contribution in [3.8, 4) is 0 Å². The Labute approximate surface area is 129 Å². The molecule has 0 spiro atoms. The Kier molecular flexibility index (Phi) is 9.00. The maximum Gasteiger partial charge on any atom is 0.321 e. The summed E-state index contributed by atoms with van der Waals surface area (Å²) in [6.07, 6.45) is -0.531. The van der Waals surface area contributed by atoms with Gasteiger partial charge in [-0.1, -0.05) is 13.3 Å². The second-order valence-corrected chi connectivity index (χ2v) is 4.95. The molecule has 2 N–H and O–H groups in total. The first kappa shape index (κ1) is 20.0. The molecule has 0 aromatic rings. The minimum absolute atomic E-state index is 0.181. The molecule has 8 heteroatoms. The minimum Gasteiger partial charge on any atom is -0.481 e. The van der Waals surface area contributed by atoms with Crippen molar-refractivity contribution < 1.29 is 34.1 Å². The highest BCUT2D eigenvalue weighted by atomic mass is 16.6. The van der Waals surface area contributed by atoms with Crippen molar-refractivity contribution in [2.45, 2.75) is 58.7 Å². The van der Waals surface area contributed by atoms with Gasteiger partial charge in [0.2, 0.25) is 6.23 Å². The number of rotatable bonds is 11. The zero-order chi connectivity index (χ0) is 17.3. The Morgan fingerprint density at radius 2 is 1.73 bits per heavy atom. The van der Waals surface area contributed by atoms with Gasteiger partial charge in [0.25, 0.3) is 0 Å². The summed E-state index contributed by atoms with van der Waals surface area (Å²) in [4.78, 5) is 46.2. The molecule has 1 unspecified atom stereocenters. The Hall–Kier alpha value is -1.96. The van der Waals surface area contributed by atoms with Crippen LogP contribution in [-0.2, 0) is 23.9 Å². The number of esters is 1. The molecule has 2 atom stereocenters. The van der Waals surface area contributed by atoms with Crippen LogP contribution in [0.1, 0.15) is 46.5 Å². The van der Waals surface area contributed by atoms with Crippen LogP contribution in [0.5, 0.6) is 0 Å². The van der Waals surface area contributed by atoms with E-state index in [0.717, 1.165) is 13.3 Å². The smallest absolute Gasteiger partial charge is 0.321 e. The highest BCUT2D eigenvalue weighted by Gasteiger charge is 2.35. The van der Waals surface area contributed by atoms with E-state index in [9.17, 15) is 24.3 Å². The first-order chi connectivity index (χ1) is 10.2. The fraction of sp³-hybridized carbons (Fsp3) is 0.714. The van der Waals surface area contributed by atoms with Gasteiger partial charge in [-0.15, -0.1) is 0 Å². The van der Waals surface area contributed by atoms with Crippen LogP contribution in [0.25, 0.3) is 0 Å². The van der Waals surface area contributed by atoms with Crippen LogP contribution in [0.3, 0.4) is 0 Å². The van der Waals surface area contributed by atoms with Crippen LogP contribution >= 0.6 is 0 Å². The number of nitrogens with zero attached hydrogens (tertiary/aromatic N) is 1. The van der Waals surface area contributed by atoms with E-state index >= 15 is 0 Å². The number of hydrogen-bond donors (Lipinski definition) is 2. The van der Waals surface area contributed by atoms with E-state index in [2.05, 4.69) is 0 Å². The van der Waals surface area contributed by atoms with Gasteiger partial charge in [-0.25, -0.2) is 4.90 Å². The van der Waals surface area contributed by atoms with Crippen molar-refractivity contribution in [3.63, 3.8) is 0 Å². The monoisotopic (exact) mass is 317 g/mol. The fourth-order valence-electron chi connectivity index (χ4n) is 2.01. The second-order valence-electron chi connectivity index (χ2n) is 4.95. The summed E-state index contributed by atoms with van der Waals surface area (Å²) in [6, 6.07) is -1.21. The van der Waals surface area contributed by atoms with Gasteiger partial charge in [-0.3, -0.25) is 19.2 Å². The number of aliphatic carboxylic acids is 2. The van der Waals surface area contributed by atoms with Gasteiger partial charge in [0.15, 0.2) is 5.78 Å². The van der Waals surface area contributed by atoms with E-state index in [0.29, 0.717) is 6.42 Å². The predicted molar refractivity (Wildman–Crippen MR) is 76.1 cm³/mol. The maximum absolute atomic E-state index is 11.7. The molecule has 0 aromatic carbocycles. The average molecular weight is 317 g/mol. The summed E-state index contributed by atoms with van der Waals surface area (Å²) in [7, 11) is 0. The van der Waals surface area contributed by atoms with Crippen molar-refractivity contribution in [2.24, 2.45) is 0 Å². The summed E-state index contributed by atoms with van der Waals surface area (Å²) in [5.41, 5.74) is 0. The fourth-order valence-corrected chi connectivity index (χ4v) is 2.01. The third-order valence-electron chi connectivity index (χ3n) is 3.01. The lowest BCUT2D eigenvalue weighted by Crippen LogP contribution is -2.52. The number of ether oxygens (including phenoxy) is 1. The number of carbonyl (C=O) groups excluding carboxylic acids is 2. The number of carboxylic acids is 2. The molecule has 0 amide bonds. The Morgan fingerprint density at radius 1 is 1.14 bits per heavy atom. The molecule has 0 aliphatic heterocycles. The van der Waals surface area contributed by atoms with Crippen LogP contribution in [0.4, 0.5) is 0 Å². The van der Waals surface area contributed by atoms with Crippen molar-refractivity contribution in [1.29, 1.82) is 0 Å². The van der Waals surface area contributed by atoms with Crippen molar-refractivity contribution in [1.82, 2.24) is 4.90 Å². The van der Waals surface area contributed by atoms with Gasteiger partial charge in [0, 0.05) is 19.9 Å². The molecule has 0 aliphatic rings. The average Bonchev–Trinajstić information content (AvgIpc) is 2.38. The lowest BCUT2D eigenvalue weighted by molar-refractivity contribution is -0.172. The SMILES string of the molecule is CCCCN(C(OC(C)=O)C(C)=O)[C@@H](CCC(=O)O)C(=O)O. The van der Waals surface area contributed by atoms with Crippen LogP contribution in [0.2, 0.25) is 0 Å². The third kappa shape index (κ3) is 7.16. The van der Waals surface area contributed by atoms with Gasteiger partial charge < -0.3 is 14.9 Å². The summed E-state index contributed by atoms with van der Waals surface area (Å²) in [5.74, 6) is -3.60. The molecular weight excluding hydrogens is 294 g/mol. The number of carboxylic acid groups (broad SMARTS) is 2. The number of Topliss-reactive ketones (excluding diaryl/α,β-unsaturated/α-hetero) is 1. The zero-order valence-corrected chi connectivity index (χ0v) is 13.1. The minimum atomic E-state index is -1.32. The molecule has 126 valence electrons. The van der Waals surface area contributed by atoms with Crippen molar-refractivity contribution in [3.05, 3.63) is 0 Å². The van der Waals surface area contributed by atoms with Crippen molar-refractivity contribution in [2.75, 3.05) is 6.54 Å². The predicted octanol–water partition coefficient (Wildman–Crippen LogP) is 0.885. The van der Waals surface area contributed by atoms with Gasteiger partial charge in [-0.2, -0.15) is 0 Å². The van der Waals surface area contributed by atoms with E-state index in [1.165, 1.54) is 11.8 Å². The summed E-state index contributed by atoms with van der Waals surface area (Å²) in [5, 5.41) is 18.1. The van der Waals surface area contributed by atoms with E-state index in [1.54, 1.807) is 0 Å². The third-order valence-corrected chi connectivity index (χ3v) is 3.01. The molecule has 0 saturated carbocycles. The largest absolute Gasteiger partial charge is 0.481 e. The van der Waals surface area contributed by atoms with Gasteiger partial charge in [0.1, 0.15) is 6.04 Å². The van der Waals surface area contributed by atoms with Crippen LogP contribution in [0.15, 0.2) is 0 Å². The number of hydrogen-bond acceptors (Lipinski definition) is 6. The second kappa shape index (κ2) is 9.88. The first-order valence-corrected chi connectivity index (χ1v) is 7.08. The van der Waals surface area contributed by atoms with Crippen LogP contribution < -0.4 is 0 Å². The van der Waals surface area contributed by atoms with E-state index in [-0.39, 0.29) is 19.4 Å². The molecule has 0 heterocycles. The van der Waals surface area contributed by atoms with Gasteiger partial charge >= 0.3 is 17.9 Å². The van der Waals surface area contributed by atoms with Crippen LogP contribution in [-0.4, -0.2) is 57.6 Å². The molecular formula is C14H23NO7. The lowest BCUT2D eigenvalue weighted by Gasteiger charge is -2.33. The van der Waals surface area contributed by atoms with E-state index in [1.807, 2.05) is 6.92 Å². The Morgan fingerprint density at radius 3 is 2.09 bits per heavy atom. The van der Waals surface area contributed by atoms with Gasteiger partial charge in [-0.05, 0) is 19.8 Å². The lowest BCUT2D eigenvalue weighted by atomic mass is 10.1. The maximum atomic E-state index is 11.7. The van der Waals surface area contributed by atoms with E-state index < -0.39 is 36.0 Å². The van der Waals surface area contributed by atoms with Gasteiger partial charge in [0.05, 0.1) is 0 Å². The van der Waals surface area contributed by atoms with Crippen LogP contribution in [0, 0.1) is 0 Å². The number of ketones is 1. The first-order valence-electron chi connectivity index (χ1n) is 7.08. The molecule has 0 saturated heterocycles. The molecule has 0 radical (unpaired) electrons. The van der Waals surface area contributed by atoms with E-state index in [4.69, 9.17) is 9.84 Å². The molecule has 0 fully saturated rings. The molecule has 0 aliphatic carbocycles. The summed E-state index contributed by atoms with van der Waals surface area (Å²) in [6.45, 7) is 4.42. The molecule has 0 rings (SSSR count). The van der Waals surface area contributed by atoms with Crippen molar-refractivity contribution >= 4 is 23.7 Å². The quantitative estimate of drug-likeness (QED) is 0.425. The standard InChI is InChI=1S/C14H23NO7/c1-4-5-8-15(13(9(2)16)22-10(3)17)11(14(20)21)6-7-12(18)19/h11,13H,4-8H2,1-3H3,(H,18,19)(H,20,21)/t11-,13?/m0/s1. The molecule has 0 aromatic heterocycles. The zero-order valence-electron chi connectivity index (χ0n) is 13.1.